The molecule has 0 aromatic carbocycles. The maximum Gasteiger partial charge on any atom is 0.157 e. The number of nitrogens with one attached hydrogen (secondary N) is 1. The summed E-state index contributed by atoms with van der Waals surface area (Å²) in [6.45, 7) is 2.10. The highest BCUT2D eigenvalue weighted by atomic mass is 32.2. The Bertz CT molecular complexity index is 455. The van der Waals surface area contributed by atoms with Crippen molar-refractivity contribution in [3.63, 3.8) is 0 Å². The summed E-state index contributed by atoms with van der Waals surface area (Å²) in [5.41, 5.74) is 0. The van der Waals surface area contributed by atoms with Gasteiger partial charge in [0.05, 0.1) is 12.1 Å². The molecule has 0 radical (unpaired) electrons. The van der Waals surface area contributed by atoms with Crippen molar-refractivity contribution in [2.24, 2.45) is 18.0 Å². The fourth-order valence-electron chi connectivity index (χ4n) is 2.77. The van der Waals surface area contributed by atoms with E-state index in [1.165, 1.54) is 25.0 Å². The lowest BCUT2D eigenvalue weighted by Gasteiger charge is -2.25. The molecule has 6 heteroatoms. The first-order chi connectivity index (χ1) is 8.74. The molecule has 1 aromatic heterocycles. The fraction of sp³-hybridized carbons (Fsp3) is 0.750. The van der Waals surface area contributed by atoms with Crippen LogP contribution in [0.1, 0.15) is 38.1 Å². The summed E-state index contributed by atoms with van der Waals surface area (Å²) in [4.78, 5) is 4.83. The Morgan fingerprint density at radius 2 is 2.39 bits per heavy atom. The number of hydrogen-bond acceptors (Lipinski definition) is 5. The molecule has 18 heavy (non-hydrogen) atoms. The highest BCUT2D eigenvalue weighted by Crippen LogP contribution is 2.35. The van der Waals surface area contributed by atoms with Crippen LogP contribution in [-0.4, -0.2) is 31.7 Å². The van der Waals surface area contributed by atoms with Crippen LogP contribution in [-0.2, 0) is 7.05 Å². The van der Waals surface area contributed by atoms with E-state index in [1.807, 2.05) is 23.4 Å². The molecule has 1 N–H and O–H groups in total. The summed E-state index contributed by atoms with van der Waals surface area (Å²) in [5, 5.41) is 12.6. The minimum absolute atomic E-state index is 0.154. The molecule has 1 saturated carbocycles. The molecule has 0 bridgehead atoms. The lowest BCUT2D eigenvalue weighted by Crippen LogP contribution is -2.32. The molecule has 3 atom stereocenters. The van der Waals surface area contributed by atoms with E-state index < -0.39 is 0 Å². The lowest BCUT2D eigenvalue weighted by atomic mass is 10.1. The largest absolute Gasteiger partial charge is 0.355 e. The molecular formula is C12H19N5S. The van der Waals surface area contributed by atoms with Gasteiger partial charge in [-0.3, -0.25) is 4.99 Å². The molecule has 3 unspecified atom stereocenters. The van der Waals surface area contributed by atoms with Gasteiger partial charge in [0.1, 0.15) is 6.33 Å². The number of amidine groups is 1. The summed E-state index contributed by atoms with van der Waals surface area (Å²) in [6.07, 6.45) is 5.68. The van der Waals surface area contributed by atoms with Gasteiger partial charge in [0.2, 0.25) is 0 Å². The second-order valence-electron chi connectivity index (χ2n) is 5.17. The van der Waals surface area contributed by atoms with Crippen LogP contribution in [0.25, 0.3) is 0 Å². The summed E-state index contributed by atoms with van der Waals surface area (Å²) < 4.78 is 1.95. The Kier molecular flexibility index (Phi) is 3.28. The third-order valence-corrected chi connectivity index (χ3v) is 4.90. The third-order valence-electron chi connectivity index (χ3n) is 3.81. The zero-order valence-electron chi connectivity index (χ0n) is 10.8. The molecule has 0 amide bonds. The van der Waals surface area contributed by atoms with E-state index in [4.69, 9.17) is 4.99 Å². The minimum Gasteiger partial charge on any atom is -0.355 e. The van der Waals surface area contributed by atoms with Gasteiger partial charge >= 0.3 is 0 Å². The van der Waals surface area contributed by atoms with Crippen LogP contribution in [0.4, 0.5) is 0 Å². The van der Waals surface area contributed by atoms with Crippen LogP contribution >= 0.6 is 11.8 Å². The van der Waals surface area contributed by atoms with Crippen LogP contribution < -0.4 is 5.32 Å². The summed E-state index contributed by atoms with van der Waals surface area (Å²) in [6, 6.07) is 0.710. The van der Waals surface area contributed by atoms with Gasteiger partial charge < -0.3 is 9.88 Å². The molecule has 2 aliphatic rings. The van der Waals surface area contributed by atoms with E-state index in [-0.39, 0.29) is 6.04 Å². The predicted octanol–water partition coefficient (Wildman–Crippen LogP) is 1.74. The third kappa shape index (κ3) is 2.25. The van der Waals surface area contributed by atoms with Crippen molar-refractivity contribution in [1.82, 2.24) is 20.1 Å². The van der Waals surface area contributed by atoms with Crippen LogP contribution in [0.2, 0.25) is 0 Å². The Hall–Kier alpha value is -1.04. The average molecular weight is 265 g/mol. The molecule has 0 spiro atoms. The monoisotopic (exact) mass is 265 g/mol. The zero-order valence-corrected chi connectivity index (χ0v) is 11.7. The van der Waals surface area contributed by atoms with E-state index >= 15 is 0 Å². The first-order valence-electron chi connectivity index (χ1n) is 6.55. The first kappa shape index (κ1) is 12.0. The molecular weight excluding hydrogens is 246 g/mol. The number of aromatic nitrogens is 3. The normalized spacial score (nSPS) is 28.7. The first-order valence-corrected chi connectivity index (χ1v) is 7.53. The lowest BCUT2D eigenvalue weighted by molar-refractivity contribution is 0.529. The van der Waals surface area contributed by atoms with Crippen LogP contribution in [0, 0.1) is 5.92 Å². The van der Waals surface area contributed by atoms with E-state index in [1.54, 1.807) is 6.33 Å². The topological polar surface area (TPSA) is 55.1 Å². The summed E-state index contributed by atoms with van der Waals surface area (Å²) in [5.74, 6) is 2.97. The van der Waals surface area contributed by atoms with Gasteiger partial charge in [-0.15, -0.1) is 10.2 Å². The van der Waals surface area contributed by atoms with Crippen molar-refractivity contribution in [3.8, 4) is 0 Å². The second kappa shape index (κ2) is 4.91. The molecule has 2 heterocycles. The van der Waals surface area contributed by atoms with Gasteiger partial charge in [0.25, 0.3) is 0 Å². The van der Waals surface area contributed by atoms with Crippen molar-refractivity contribution >= 4 is 16.9 Å². The summed E-state index contributed by atoms with van der Waals surface area (Å²) >= 11 is 1.85. The quantitative estimate of drug-likeness (QED) is 0.885. The van der Waals surface area contributed by atoms with Crippen molar-refractivity contribution in [2.45, 2.75) is 38.3 Å². The van der Waals surface area contributed by atoms with E-state index in [0.29, 0.717) is 6.04 Å². The molecule has 5 nitrogen and oxygen atoms in total. The van der Waals surface area contributed by atoms with Gasteiger partial charge in [-0.05, 0) is 25.7 Å². The SMILES string of the molecule is CC(NC1=NC2CCCC2CS1)c1nncn1C. The van der Waals surface area contributed by atoms with Gasteiger partial charge in [0.15, 0.2) is 11.0 Å². The van der Waals surface area contributed by atoms with Gasteiger partial charge in [-0.1, -0.05) is 18.2 Å². The van der Waals surface area contributed by atoms with Crippen LogP contribution in [0.5, 0.6) is 0 Å². The minimum atomic E-state index is 0.154. The fourth-order valence-corrected chi connectivity index (χ4v) is 4.00. The standard InChI is InChI=1S/C12H19N5S/c1-8(11-16-13-7-17(11)2)14-12-15-10-5-3-4-9(10)6-18-12/h7-10H,3-6H2,1-2H3,(H,14,15). The molecule has 0 saturated heterocycles. The molecule has 98 valence electrons. The number of aliphatic imine (C=N–C) groups is 1. The van der Waals surface area contributed by atoms with Gasteiger partial charge in [-0.2, -0.15) is 0 Å². The molecule has 3 rings (SSSR count). The van der Waals surface area contributed by atoms with Crippen LogP contribution in [0.15, 0.2) is 11.3 Å². The molecule has 1 fully saturated rings. The summed E-state index contributed by atoms with van der Waals surface area (Å²) in [7, 11) is 1.97. The smallest absolute Gasteiger partial charge is 0.157 e. The number of fused-ring (bicyclic) bond motifs is 1. The highest BCUT2D eigenvalue weighted by molar-refractivity contribution is 8.13. The Morgan fingerprint density at radius 1 is 1.50 bits per heavy atom. The van der Waals surface area contributed by atoms with E-state index in [2.05, 4.69) is 22.4 Å². The Balaban J connectivity index is 1.68. The number of thioether (sulfide) groups is 1. The number of aryl methyl sites for hydroxylation is 1. The highest BCUT2D eigenvalue weighted by Gasteiger charge is 2.31. The van der Waals surface area contributed by atoms with Crippen molar-refractivity contribution < 1.29 is 0 Å². The van der Waals surface area contributed by atoms with E-state index in [0.717, 1.165) is 16.9 Å². The Labute approximate surface area is 111 Å². The maximum atomic E-state index is 4.83. The van der Waals surface area contributed by atoms with Gasteiger partial charge in [0, 0.05) is 12.8 Å². The molecule has 1 aromatic rings. The van der Waals surface area contributed by atoms with Crippen molar-refractivity contribution in [1.29, 1.82) is 0 Å². The molecule has 1 aliphatic carbocycles. The predicted molar refractivity (Wildman–Crippen MR) is 73.6 cm³/mol. The second-order valence-corrected chi connectivity index (χ2v) is 6.18. The number of rotatable bonds is 2. The average Bonchev–Trinajstić information content (AvgIpc) is 2.96. The van der Waals surface area contributed by atoms with Crippen molar-refractivity contribution in [3.05, 3.63) is 12.2 Å². The number of hydrogen-bond donors (Lipinski definition) is 1. The van der Waals surface area contributed by atoms with Gasteiger partial charge in [-0.25, -0.2) is 0 Å². The Morgan fingerprint density at radius 3 is 3.17 bits per heavy atom. The molecule has 1 aliphatic heterocycles. The maximum absolute atomic E-state index is 4.83. The van der Waals surface area contributed by atoms with Crippen LogP contribution in [0.3, 0.4) is 0 Å². The van der Waals surface area contributed by atoms with E-state index in [9.17, 15) is 0 Å². The number of nitrogens with zero attached hydrogens (tertiary/aromatic N) is 4. The zero-order chi connectivity index (χ0) is 12.5. The van der Waals surface area contributed by atoms with Crippen molar-refractivity contribution in [2.75, 3.05) is 5.75 Å².